The molecular weight excluding hydrogens is 234 g/mol. The highest BCUT2D eigenvalue weighted by Gasteiger charge is 2.15. The highest BCUT2D eigenvalue weighted by molar-refractivity contribution is 6.09. The van der Waals surface area contributed by atoms with Gasteiger partial charge in [0.15, 0.2) is 5.78 Å². The maximum absolute atomic E-state index is 12.5. The van der Waals surface area contributed by atoms with Crippen LogP contribution in [0, 0.1) is 6.92 Å². The van der Waals surface area contributed by atoms with Gasteiger partial charge in [-0.1, -0.05) is 12.1 Å². The summed E-state index contributed by atoms with van der Waals surface area (Å²) in [6.07, 6.45) is 3.43. The number of ketones is 1. The average Bonchev–Trinajstić information content (AvgIpc) is 2.83. The minimum Gasteiger partial charge on any atom is -0.399 e. The van der Waals surface area contributed by atoms with Crippen LogP contribution in [0.2, 0.25) is 0 Å². The summed E-state index contributed by atoms with van der Waals surface area (Å²) in [7, 11) is 0. The molecule has 0 saturated heterocycles. The maximum atomic E-state index is 12.5. The van der Waals surface area contributed by atoms with E-state index >= 15 is 0 Å². The predicted octanol–water partition coefficient (Wildman–Crippen LogP) is 3.30. The molecule has 0 unspecified atom stereocenters. The van der Waals surface area contributed by atoms with Crippen LogP contribution in [-0.2, 0) is 12.8 Å². The van der Waals surface area contributed by atoms with Crippen LogP contribution >= 0.6 is 0 Å². The van der Waals surface area contributed by atoms with Crippen LogP contribution in [0.25, 0.3) is 0 Å². The molecule has 2 nitrogen and oxygen atoms in total. The molecular formula is C17H17NO. The first-order chi connectivity index (χ1) is 9.13. The first kappa shape index (κ1) is 12.0. The van der Waals surface area contributed by atoms with Gasteiger partial charge in [0, 0.05) is 16.8 Å². The van der Waals surface area contributed by atoms with Crippen molar-refractivity contribution in [3.63, 3.8) is 0 Å². The third kappa shape index (κ3) is 2.26. The number of rotatable bonds is 2. The van der Waals surface area contributed by atoms with Crippen LogP contribution in [0.15, 0.2) is 36.4 Å². The van der Waals surface area contributed by atoms with Gasteiger partial charge >= 0.3 is 0 Å². The van der Waals surface area contributed by atoms with E-state index in [0.29, 0.717) is 11.3 Å². The molecule has 0 aromatic heterocycles. The number of anilines is 1. The lowest BCUT2D eigenvalue weighted by atomic mass is 9.98. The molecule has 0 radical (unpaired) electrons. The molecule has 96 valence electrons. The highest BCUT2D eigenvalue weighted by atomic mass is 16.1. The van der Waals surface area contributed by atoms with Crippen molar-refractivity contribution in [2.75, 3.05) is 5.73 Å². The molecule has 0 heterocycles. The van der Waals surface area contributed by atoms with E-state index < -0.39 is 0 Å². The Labute approximate surface area is 113 Å². The second-order valence-electron chi connectivity index (χ2n) is 5.30. The zero-order valence-electron chi connectivity index (χ0n) is 11.1. The molecule has 2 aromatic rings. The van der Waals surface area contributed by atoms with Crippen molar-refractivity contribution in [2.24, 2.45) is 0 Å². The Morgan fingerprint density at radius 1 is 1.00 bits per heavy atom. The van der Waals surface area contributed by atoms with Gasteiger partial charge in [0.1, 0.15) is 0 Å². The minimum atomic E-state index is 0.0603. The van der Waals surface area contributed by atoms with E-state index in [9.17, 15) is 4.79 Å². The van der Waals surface area contributed by atoms with Gasteiger partial charge in [-0.05, 0) is 67.1 Å². The number of carbonyl (C=O) groups is 1. The molecule has 2 heteroatoms. The van der Waals surface area contributed by atoms with Crippen molar-refractivity contribution in [1.82, 2.24) is 0 Å². The summed E-state index contributed by atoms with van der Waals surface area (Å²) in [6, 6.07) is 11.6. The van der Waals surface area contributed by atoms with Crippen molar-refractivity contribution < 1.29 is 4.79 Å². The molecule has 0 aliphatic heterocycles. The van der Waals surface area contributed by atoms with Gasteiger partial charge in [0.05, 0.1) is 0 Å². The molecule has 3 rings (SSSR count). The van der Waals surface area contributed by atoms with Crippen molar-refractivity contribution in [1.29, 1.82) is 0 Å². The average molecular weight is 251 g/mol. The van der Waals surface area contributed by atoms with Crippen LogP contribution in [0.4, 0.5) is 5.69 Å². The van der Waals surface area contributed by atoms with Gasteiger partial charge in [-0.2, -0.15) is 0 Å². The molecule has 0 amide bonds. The molecule has 0 bridgehead atoms. The van der Waals surface area contributed by atoms with E-state index in [1.807, 2.05) is 31.2 Å². The van der Waals surface area contributed by atoms with Gasteiger partial charge in [-0.15, -0.1) is 0 Å². The van der Waals surface area contributed by atoms with E-state index in [4.69, 9.17) is 5.73 Å². The second kappa shape index (κ2) is 4.54. The summed E-state index contributed by atoms with van der Waals surface area (Å²) in [5.74, 6) is 0.0603. The lowest BCUT2D eigenvalue weighted by molar-refractivity contribution is 0.103. The first-order valence-corrected chi connectivity index (χ1v) is 6.67. The number of benzene rings is 2. The molecule has 0 fully saturated rings. The SMILES string of the molecule is Cc1cc(N)cc(C(=O)c2ccc3c(c2)CCC3)c1. The number of nitrogen functional groups attached to an aromatic ring is 1. The normalized spacial score (nSPS) is 13.3. The number of aryl methyl sites for hydroxylation is 3. The van der Waals surface area contributed by atoms with Crippen LogP contribution < -0.4 is 5.73 Å². The van der Waals surface area contributed by atoms with Gasteiger partial charge in [-0.25, -0.2) is 0 Å². The Bertz CT molecular complexity index is 638. The third-order valence-corrected chi connectivity index (χ3v) is 3.72. The molecule has 2 aromatic carbocycles. The fourth-order valence-corrected chi connectivity index (χ4v) is 2.82. The summed E-state index contributed by atoms with van der Waals surface area (Å²) in [5, 5.41) is 0. The van der Waals surface area contributed by atoms with Crippen molar-refractivity contribution in [3.8, 4) is 0 Å². The monoisotopic (exact) mass is 251 g/mol. The van der Waals surface area contributed by atoms with E-state index in [1.165, 1.54) is 17.5 Å². The van der Waals surface area contributed by atoms with Crippen LogP contribution in [-0.4, -0.2) is 5.78 Å². The molecule has 1 aliphatic rings. The number of carbonyl (C=O) groups excluding carboxylic acids is 1. The summed E-state index contributed by atoms with van der Waals surface area (Å²) >= 11 is 0. The molecule has 0 atom stereocenters. The summed E-state index contributed by atoms with van der Waals surface area (Å²) in [4.78, 5) is 12.5. The van der Waals surface area contributed by atoms with E-state index in [-0.39, 0.29) is 5.78 Å². The van der Waals surface area contributed by atoms with Crippen molar-refractivity contribution >= 4 is 11.5 Å². The fourth-order valence-electron chi connectivity index (χ4n) is 2.82. The Morgan fingerprint density at radius 3 is 2.58 bits per heavy atom. The maximum Gasteiger partial charge on any atom is 0.193 e. The van der Waals surface area contributed by atoms with E-state index in [1.54, 1.807) is 6.07 Å². The largest absolute Gasteiger partial charge is 0.399 e. The number of fused-ring (bicyclic) bond motifs is 1. The minimum absolute atomic E-state index is 0.0603. The van der Waals surface area contributed by atoms with E-state index in [0.717, 1.165) is 24.0 Å². The van der Waals surface area contributed by atoms with Gasteiger partial charge in [-0.3, -0.25) is 4.79 Å². The summed E-state index contributed by atoms with van der Waals surface area (Å²) < 4.78 is 0. The lowest BCUT2D eigenvalue weighted by Gasteiger charge is -2.06. The van der Waals surface area contributed by atoms with Crippen molar-refractivity contribution in [3.05, 3.63) is 64.2 Å². The first-order valence-electron chi connectivity index (χ1n) is 6.67. The summed E-state index contributed by atoms with van der Waals surface area (Å²) in [6.45, 7) is 1.95. The molecule has 2 N–H and O–H groups in total. The molecule has 0 spiro atoms. The quantitative estimate of drug-likeness (QED) is 0.657. The molecule has 1 aliphatic carbocycles. The number of hydrogen-bond acceptors (Lipinski definition) is 2. The van der Waals surface area contributed by atoms with Crippen LogP contribution in [0.3, 0.4) is 0 Å². The molecule has 19 heavy (non-hydrogen) atoms. The Morgan fingerprint density at radius 2 is 1.79 bits per heavy atom. The Hall–Kier alpha value is -2.09. The second-order valence-corrected chi connectivity index (χ2v) is 5.30. The Kier molecular flexibility index (Phi) is 2.86. The smallest absolute Gasteiger partial charge is 0.193 e. The Balaban J connectivity index is 1.99. The zero-order valence-corrected chi connectivity index (χ0v) is 11.1. The van der Waals surface area contributed by atoms with Gasteiger partial charge in [0.2, 0.25) is 0 Å². The standard InChI is InChI=1S/C17H17NO/c1-11-7-15(10-16(18)8-11)17(19)14-6-5-12-3-2-4-13(12)9-14/h5-10H,2-4,18H2,1H3. The zero-order chi connectivity index (χ0) is 13.4. The van der Waals surface area contributed by atoms with Gasteiger partial charge in [0.25, 0.3) is 0 Å². The van der Waals surface area contributed by atoms with Crippen molar-refractivity contribution in [2.45, 2.75) is 26.2 Å². The number of nitrogens with two attached hydrogens (primary N) is 1. The highest BCUT2D eigenvalue weighted by Crippen LogP contribution is 2.24. The van der Waals surface area contributed by atoms with Crippen LogP contribution in [0.5, 0.6) is 0 Å². The third-order valence-electron chi connectivity index (χ3n) is 3.72. The fraction of sp³-hybridized carbons (Fsp3) is 0.235. The summed E-state index contributed by atoms with van der Waals surface area (Å²) in [5.41, 5.74) is 11.6. The predicted molar refractivity (Wildman–Crippen MR) is 77.5 cm³/mol. The van der Waals surface area contributed by atoms with E-state index in [2.05, 4.69) is 6.07 Å². The topological polar surface area (TPSA) is 43.1 Å². The van der Waals surface area contributed by atoms with Crippen LogP contribution in [0.1, 0.15) is 39.0 Å². The lowest BCUT2D eigenvalue weighted by Crippen LogP contribution is -2.03. The van der Waals surface area contributed by atoms with Gasteiger partial charge < -0.3 is 5.73 Å². The number of hydrogen-bond donors (Lipinski definition) is 1. The molecule has 0 saturated carbocycles.